The largest absolute Gasteiger partial charge is 0.493 e. The van der Waals surface area contributed by atoms with Crippen molar-refractivity contribution >= 4 is 24.1 Å². The fourth-order valence-corrected chi connectivity index (χ4v) is 3.09. The van der Waals surface area contributed by atoms with Crippen LogP contribution in [-0.4, -0.2) is 61.8 Å². The number of rotatable bonds is 14. The molecule has 2 aromatic carbocycles. The zero-order chi connectivity index (χ0) is 25.8. The predicted octanol–water partition coefficient (Wildman–Crippen LogP) is 3.25. The Labute approximate surface area is 202 Å². The van der Waals surface area contributed by atoms with Crippen molar-refractivity contribution in [3.05, 3.63) is 53.1 Å². The molecule has 0 fully saturated rings. The monoisotopic (exact) mass is 488 g/mol. The van der Waals surface area contributed by atoms with Crippen molar-refractivity contribution in [3.8, 4) is 28.7 Å². The molecule has 0 saturated carbocycles. The van der Waals surface area contributed by atoms with Crippen LogP contribution >= 0.6 is 0 Å². The Bertz CT molecular complexity index is 952. The van der Waals surface area contributed by atoms with Gasteiger partial charge in [-0.3, -0.25) is 0 Å². The molecule has 35 heavy (non-hydrogen) atoms. The number of aliphatic hydroxyl groups is 1. The summed E-state index contributed by atoms with van der Waals surface area (Å²) in [7, 11) is 4.38. The van der Waals surface area contributed by atoms with Crippen molar-refractivity contribution in [1.82, 2.24) is 0 Å². The lowest BCUT2D eigenvalue weighted by molar-refractivity contribution is -0.132. The number of ether oxygens (including phenoxy) is 5. The van der Waals surface area contributed by atoms with Gasteiger partial charge in [0.05, 0.1) is 41.2 Å². The normalized spacial score (nSPS) is 11.0. The SMILES string of the molecule is COc1cc(/C=C/C(=O)O)cc(CO)c1OCCCOc1c(OC)cc(/C=C/C(=O)O)cc1OC. The molecule has 0 aliphatic heterocycles. The van der Waals surface area contributed by atoms with E-state index in [0.717, 1.165) is 12.2 Å². The standard InChI is InChI=1S/C25H28O10/c1-31-19-12-16(5-7-22(27)28)11-18(15-26)24(19)34-9-4-10-35-25-20(32-2)13-17(6-8-23(29)30)14-21(25)33-3/h5-8,11-14,26H,4,9-10,15H2,1-3H3,(H,27,28)(H,29,30)/b7-5+,8-6+. The van der Waals surface area contributed by atoms with E-state index in [-0.39, 0.29) is 19.8 Å². The van der Waals surface area contributed by atoms with Crippen LogP contribution in [0.3, 0.4) is 0 Å². The molecule has 0 spiro atoms. The zero-order valence-electron chi connectivity index (χ0n) is 19.6. The zero-order valence-corrected chi connectivity index (χ0v) is 19.6. The summed E-state index contributed by atoms with van der Waals surface area (Å²) in [6, 6.07) is 6.49. The van der Waals surface area contributed by atoms with E-state index in [2.05, 4.69) is 0 Å². The molecular formula is C25H28O10. The molecule has 0 unspecified atom stereocenters. The number of aliphatic carboxylic acids is 2. The van der Waals surface area contributed by atoms with Gasteiger partial charge in [-0.15, -0.1) is 0 Å². The second kappa shape index (κ2) is 13.5. The second-order valence-electron chi connectivity index (χ2n) is 7.02. The Morgan fingerprint density at radius 1 is 0.743 bits per heavy atom. The molecule has 10 heteroatoms. The summed E-state index contributed by atoms with van der Waals surface area (Å²) >= 11 is 0. The molecule has 2 rings (SSSR count). The maximum Gasteiger partial charge on any atom is 0.328 e. The number of carbonyl (C=O) groups is 2. The van der Waals surface area contributed by atoms with Crippen LogP contribution < -0.4 is 23.7 Å². The molecular weight excluding hydrogens is 460 g/mol. The molecule has 0 atom stereocenters. The van der Waals surface area contributed by atoms with Crippen molar-refractivity contribution in [2.45, 2.75) is 13.0 Å². The lowest BCUT2D eigenvalue weighted by Gasteiger charge is -2.17. The van der Waals surface area contributed by atoms with Crippen LogP contribution in [-0.2, 0) is 16.2 Å². The van der Waals surface area contributed by atoms with Gasteiger partial charge in [-0.05, 0) is 47.5 Å². The third-order valence-electron chi connectivity index (χ3n) is 4.65. The first kappa shape index (κ1) is 27.1. The summed E-state index contributed by atoms with van der Waals surface area (Å²) < 4.78 is 27.7. The van der Waals surface area contributed by atoms with Gasteiger partial charge in [0, 0.05) is 24.1 Å². The Kier molecular flexibility index (Phi) is 10.4. The Hall–Kier alpha value is -4.18. The summed E-state index contributed by atoms with van der Waals surface area (Å²) in [4.78, 5) is 21.5. The van der Waals surface area contributed by atoms with E-state index in [1.807, 2.05) is 0 Å². The van der Waals surface area contributed by atoms with Gasteiger partial charge < -0.3 is 39.0 Å². The van der Waals surface area contributed by atoms with E-state index in [0.29, 0.717) is 51.9 Å². The number of aliphatic hydroxyl groups excluding tert-OH is 1. The highest BCUT2D eigenvalue weighted by molar-refractivity contribution is 5.86. The number of carboxylic acids is 2. The minimum Gasteiger partial charge on any atom is -0.493 e. The van der Waals surface area contributed by atoms with Gasteiger partial charge in [-0.2, -0.15) is 0 Å². The predicted molar refractivity (Wildman–Crippen MR) is 127 cm³/mol. The lowest BCUT2D eigenvalue weighted by atomic mass is 10.1. The molecule has 0 aliphatic carbocycles. The quantitative estimate of drug-likeness (QED) is 0.268. The van der Waals surface area contributed by atoms with Crippen molar-refractivity contribution < 1.29 is 48.6 Å². The topological polar surface area (TPSA) is 141 Å². The number of hydrogen-bond donors (Lipinski definition) is 3. The maximum atomic E-state index is 10.8. The molecule has 0 aromatic heterocycles. The molecule has 10 nitrogen and oxygen atoms in total. The van der Waals surface area contributed by atoms with Crippen molar-refractivity contribution in [1.29, 1.82) is 0 Å². The van der Waals surface area contributed by atoms with Crippen LogP contribution in [0.4, 0.5) is 0 Å². The molecule has 188 valence electrons. The molecule has 3 N–H and O–H groups in total. The molecule has 0 aliphatic rings. The lowest BCUT2D eigenvalue weighted by Crippen LogP contribution is -2.08. The van der Waals surface area contributed by atoms with Crippen LogP contribution in [0.1, 0.15) is 23.1 Å². The maximum absolute atomic E-state index is 10.8. The van der Waals surface area contributed by atoms with E-state index in [4.69, 9.17) is 33.9 Å². The number of hydrogen-bond acceptors (Lipinski definition) is 8. The molecule has 0 saturated heterocycles. The van der Waals surface area contributed by atoms with Crippen molar-refractivity contribution in [3.63, 3.8) is 0 Å². The first-order valence-corrected chi connectivity index (χ1v) is 10.5. The third kappa shape index (κ3) is 7.97. The average molecular weight is 488 g/mol. The van der Waals surface area contributed by atoms with Crippen LogP contribution in [0.15, 0.2) is 36.4 Å². The summed E-state index contributed by atoms with van der Waals surface area (Å²) in [5.41, 5.74) is 1.57. The molecule has 0 bridgehead atoms. The number of carboxylic acid groups (broad SMARTS) is 2. The molecule has 0 amide bonds. The van der Waals surface area contributed by atoms with Gasteiger partial charge >= 0.3 is 11.9 Å². The van der Waals surface area contributed by atoms with Gasteiger partial charge in [-0.25, -0.2) is 9.59 Å². The first-order valence-electron chi connectivity index (χ1n) is 10.5. The van der Waals surface area contributed by atoms with E-state index in [9.17, 15) is 14.7 Å². The highest BCUT2D eigenvalue weighted by atomic mass is 16.5. The number of methoxy groups -OCH3 is 3. The average Bonchev–Trinajstić information content (AvgIpc) is 2.85. The Morgan fingerprint density at radius 2 is 1.17 bits per heavy atom. The van der Waals surface area contributed by atoms with E-state index >= 15 is 0 Å². The fourth-order valence-electron chi connectivity index (χ4n) is 3.09. The summed E-state index contributed by atoms with van der Waals surface area (Å²) in [6.45, 7) is 0.152. The Balaban J connectivity index is 2.07. The van der Waals surface area contributed by atoms with Gasteiger partial charge in [0.15, 0.2) is 23.0 Å². The highest BCUT2D eigenvalue weighted by Gasteiger charge is 2.15. The Morgan fingerprint density at radius 3 is 1.60 bits per heavy atom. The van der Waals surface area contributed by atoms with E-state index < -0.39 is 11.9 Å². The summed E-state index contributed by atoms with van der Waals surface area (Å²) in [5, 5.41) is 27.4. The molecule has 0 heterocycles. The number of benzene rings is 2. The van der Waals surface area contributed by atoms with Gasteiger partial charge in [-0.1, -0.05) is 0 Å². The van der Waals surface area contributed by atoms with E-state index in [1.165, 1.54) is 33.5 Å². The van der Waals surface area contributed by atoms with Crippen molar-refractivity contribution in [2.24, 2.45) is 0 Å². The fraction of sp³-hybridized carbons (Fsp3) is 0.280. The van der Waals surface area contributed by atoms with Crippen LogP contribution in [0.2, 0.25) is 0 Å². The second-order valence-corrected chi connectivity index (χ2v) is 7.02. The minimum absolute atomic E-state index is 0.234. The van der Waals surface area contributed by atoms with Gasteiger partial charge in [0.25, 0.3) is 0 Å². The van der Waals surface area contributed by atoms with Crippen LogP contribution in [0, 0.1) is 0 Å². The van der Waals surface area contributed by atoms with E-state index in [1.54, 1.807) is 24.3 Å². The smallest absolute Gasteiger partial charge is 0.328 e. The third-order valence-corrected chi connectivity index (χ3v) is 4.65. The van der Waals surface area contributed by atoms with Gasteiger partial charge in [0.2, 0.25) is 5.75 Å². The van der Waals surface area contributed by atoms with Crippen LogP contribution in [0.5, 0.6) is 28.7 Å². The minimum atomic E-state index is -1.09. The molecule has 0 radical (unpaired) electrons. The van der Waals surface area contributed by atoms with Crippen LogP contribution in [0.25, 0.3) is 12.2 Å². The first-order chi connectivity index (χ1) is 16.8. The molecule has 2 aromatic rings. The van der Waals surface area contributed by atoms with Crippen molar-refractivity contribution in [2.75, 3.05) is 34.5 Å². The van der Waals surface area contributed by atoms with Gasteiger partial charge in [0.1, 0.15) is 0 Å². The highest BCUT2D eigenvalue weighted by Crippen LogP contribution is 2.39. The summed E-state index contributed by atoms with van der Waals surface area (Å²) in [5.74, 6) is -0.326. The summed E-state index contributed by atoms with van der Waals surface area (Å²) in [6.07, 6.45) is 5.27.